The van der Waals surface area contributed by atoms with Crippen LogP contribution in [-0.2, 0) is 0 Å². The SMILES string of the molecule is Fc1ccc(Nc2cc(-c3ccccc3)nc(NC3CCCCC3)n2)c(Br)c1. The number of hydrogen-bond donors (Lipinski definition) is 2. The Bertz CT molecular complexity index is 943. The summed E-state index contributed by atoms with van der Waals surface area (Å²) in [6.45, 7) is 0. The van der Waals surface area contributed by atoms with Crippen LogP contribution in [0.2, 0.25) is 0 Å². The third kappa shape index (κ3) is 4.68. The molecule has 0 unspecified atom stereocenters. The van der Waals surface area contributed by atoms with Crippen molar-refractivity contribution in [3.8, 4) is 11.3 Å². The summed E-state index contributed by atoms with van der Waals surface area (Å²) in [6.07, 6.45) is 6.07. The Morgan fingerprint density at radius 1 is 0.929 bits per heavy atom. The smallest absolute Gasteiger partial charge is 0.225 e. The minimum Gasteiger partial charge on any atom is -0.351 e. The van der Waals surface area contributed by atoms with Gasteiger partial charge in [0, 0.05) is 22.1 Å². The molecule has 1 saturated carbocycles. The average molecular weight is 441 g/mol. The van der Waals surface area contributed by atoms with Gasteiger partial charge in [0.25, 0.3) is 0 Å². The van der Waals surface area contributed by atoms with Crippen LogP contribution in [-0.4, -0.2) is 16.0 Å². The van der Waals surface area contributed by atoms with Crippen molar-refractivity contribution >= 4 is 33.4 Å². The second-order valence-corrected chi connectivity index (χ2v) is 7.91. The molecule has 0 saturated heterocycles. The van der Waals surface area contributed by atoms with Crippen molar-refractivity contribution in [1.82, 2.24) is 9.97 Å². The van der Waals surface area contributed by atoms with E-state index in [1.165, 1.54) is 31.4 Å². The van der Waals surface area contributed by atoms with Crippen molar-refractivity contribution in [3.05, 3.63) is 64.9 Å². The first-order chi connectivity index (χ1) is 13.7. The van der Waals surface area contributed by atoms with Crippen LogP contribution >= 0.6 is 15.9 Å². The second kappa shape index (κ2) is 8.69. The van der Waals surface area contributed by atoms with E-state index in [0.717, 1.165) is 29.8 Å². The molecule has 1 aliphatic rings. The molecular weight excluding hydrogens is 419 g/mol. The van der Waals surface area contributed by atoms with Gasteiger partial charge in [-0.3, -0.25) is 0 Å². The summed E-state index contributed by atoms with van der Waals surface area (Å²) >= 11 is 3.40. The molecule has 0 aliphatic heterocycles. The zero-order valence-corrected chi connectivity index (χ0v) is 17.0. The molecule has 3 aromatic rings. The zero-order chi connectivity index (χ0) is 19.3. The van der Waals surface area contributed by atoms with E-state index in [1.54, 1.807) is 6.07 Å². The summed E-state index contributed by atoms with van der Waals surface area (Å²) in [7, 11) is 0. The molecule has 28 heavy (non-hydrogen) atoms. The summed E-state index contributed by atoms with van der Waals surface area (Å²) in [5, 5.41) is 6.79. The van der Waals surface area contributed by atoms with Crippen LogP contribution in [0, 0.1) is 5.82 Å². The van der Waals surface area contributed by atoms with Crippen LogP contribution in [0.15, 0.2) is 59.1 Å². The van der Waals surface area contributed by atoms with E-state index in [4.69, 9.17) is 4.98 Å². The summed E-state index contributed by atoms with van der Waals surface area (Å²) in [5.74, 6) is 0.998. The summed E-state index contributed by atoms with van der Waals surface area (Å²) in [6, 6.07) is 16.9. The maximum absolute atomic E-state index is 13.4. The van der Waals surface area contributed by atoms with E-state index >= 15 is 0 Å². The average Bonchev–Trinajstić information content (AvgIpc) is 2.71. The van der Waals surface area contributed by atoms with Crippen LogP contribution < -0.4 is 10.6 Å². The van der Waals surface area contributed by atoms with Gasteiger partial charge in [-0.25, -0.2) is 9.37 Å². The molecule has 0 bridgehead atoms. The van der Waals surface area contributed by atoms with Gasteiger partial charge in [0.2, 0.25) is 5.95 Å². The van der Waals surface area contributed by atoms with Gasteiger partial charge in [0.15, 0.2) is 0 Å². The van der Waals surface area contributed by atoms with Gasteiger partial charge in [0.05, 0.1) is 11.4 Å². The van der Waals surface area contributed by atoms with E-state index in [1.807, 2.05) is 36.4 Å². The molecule has 1 aliphatic carbocycles. The van der Waals surface area contributed by atoms with Crippen LogP contribution in [0.4, 0.5) is 21.8 Å². The first kappa shape index (κ1) is 18.9. The Balaban J connectivity index is 1.66. The van der Waals surface area contributed by atoms with Gasteiger partial charge in [-0.2, -0.15) is 4.98 Å². The van der Waals surface area contributed by atoms with Gasteiger partial charge >= 0.3 is 0 Å². The largest absolute Gasteiger partial charge is 0.351 e. The lowest BCUT2D eigenvalue weighted by atomic mass is 9.96. The Labute approximate surface area is 172 Å². The Morgan fingerprint density at radius 3 is 2.46 bits per heavy atom. The first-order valence-electron chi connectivity index (χ1n) is 9.60. The van der Waals surface area contributed by atoms with Crippen molar-refractivity contribution in [3.63, 3.8) is 0 Å². The third-order valence-electron chi connectivity index (χ3n) is 4.93. The molecule has 4 nitrogen and oxygen atoms in total. The van der Waals surface area contributed by atoms with Crippen molar-refractivity contribution in [2.45, 2.75) is 38.1 Å². The van der Waals surface area contributed by atoms with E-state index in [2.05, 4.69) is 31.5 Å². The number of nitrogens with zero attached hydrogens (tertiary/aromatic N) is 2. The number of hydrogen-bond acceptors (Lipinski definition) is 4. The first-order valence-corrected chi connectivity index (χ1v) is 10.4. The molecule has 0 atom stereocenters. The molecule has 0 radical (unpaired) electrons. The number of anilines is 3. The number of benzene rings is 2. The van der Waals surface area contributed by atoms with Crippen molar-refractivity contribution in [1.29, 1.82) is 0 Å². The van der Waals surface area contributed by atoms with Crippen LogP contribution in [0.1, 0.15) is 32.1 Å². The van der Waals surface area contributed by atoms with Gasteiger partial charge in [-0.1, -0.05) is 49.6 Å². The molecule has 0 spiro atoms. The van der Waals surface area contributed by atoms with Crippen molar-refractivity contribution in [2.24, 2.45) is 0 Å². The van der Waals surface area contributed by atoms with E-state index in [0.29, 0.717) is 22.3 Å². The van der Waals surface area contributed by atoms with E-state index in [9.17, 15) is 4.39 Å². The number of nitrogens with one attached hydrogen (secondary N) is 2. The van der Waals surface area contributed by atoms with Gasteiger partial charge in [-0.15, -0.1) is 0 Å². The Kier molecular flexibility index (Phi) is 5.86. The third-order valence-corrected chi connectivity index (χ3v) is 5.58. The molecule has 2 N–H and O–H groups in total. The lowest BCUT2D eigenvalue weighted by Gasteiger charge is -2.23. The van der Waals surface area contributed by atoms with Crippen molar-refractivity contribution < 1.29 is 4.39 Å². The Morgan fingerprint density at radius 2 is 1.71 bits per heavy atom. The lowest BCUT2D eigenvalue weighted by molar-refractivity contribution is 0.461. The molecule has 1 heterocycles. The second-order valence-electron chi connectivity index (χ2n) is 7.06. The molecule has 6 heteroatoms. The van der Waals surface area contributed by atoms with Crippen LogP contribution in [0.5, 0.6) is 0 Å². The van der Waals surface area contributed by atoms with Gasteiger partial charge in [0.1, 0.15) is 11.6 Å². The normalized spacial score (nSPS) is 14.6. The van der Waals surface area contributed by atoms with E-state index < -0.39 is 0 Å². The highest BCUT2D eigenvalue weighted by Gasteiger charge is 2.16. The highest BCUT2D eigenvalue weighted by Crippen LogP contribution is 2.29. The molecule has 0 amide bonds. The zero-order valence-electron chi connectivity index (χ0n) is 15.5. The molecule has 1 aromatic heterocycles. The Hall–Kier alpha value is -2.47. The highest BCUT2D eigenvalue weighted by atomic mass is 79.9. The number of aromatic nitrogens is 2. The van der Waals surface area contributed by atoms with Crippen LogP contribution in [0.25, 0.3) is 11.3 Å². The summed E-state index contributed by atoms with van der Waals surface area (Å²) < 4.78 is 14.1. The number of halogens is 2. The van der Waals surface area contributed by atoms with Crippen molar-refractivity contribution in [2.75, 3.05) is 10.6 Å². The summed E-state index contributed by atoms with van der Waals surface area (Å²) in [4.78, 5) is 9.41. The molecular formula is C22H22BrFN4. The fourth-order valence-electron chi connectivity index (χ4n) is 3.49. The fourth-order valence-corrected chi connectivity index (χ4v) is 3.94. The minimum absolute atomic E-state index is 0.287. The van der Waals surface area contributed by atoms with Gasteiger partial charge in [-0.05, 0) is 47.0 Å². The minimum atomic E-state index is -0.287. The predicted molar refractivity (Wildman–Crippen MR) is 115 cm³/mol. The molecule has 1 fully saturated rings. The molecule has 2 aromatic carbocycles. The maximum atomic E-state index is 13.4. The lowest BCUT2D eigenvalue weighted by Crippen LogP contribution is -2.23. The molecule has 4 rings (SSSR count). The number of rotatable bonds is 5. The topological polar surface area (TPSA) is 49.8 Å². The summed E-state index contributed by atoms with van der Waals surface area (Å²) in [5.41, 5.74) is 2.62. The van der Waals surface area contributed by atoms with Gasteiger partial charge < -0.3 is 10.6 Å². The highest BCUT2D eigenvalue weighted by molar-refractivity contribution is 9.10. The van der Waals surface area contributed by atoms with Crippen LogP contribution in [0.3, 0.4) is 0 Å². The monoisotopic (exact) mass is 440 g/mol. The fraction of sp³-hybridized carbons (Fsp3) is 0.273. The van der Waals surface area contributed by atoms with E-state index in [-0.39, 0.29) is 5.82 Å². The standard InChI is InChI=1S/C22H22BrFN4/c23-18-13-16(24)11-12-19(18)26-21-14-20(15-7-3-1-4-8-15)27-22(28-21)25-17-9-5-2-6-10-17/h1,3-4,7-8,11-14,17H,2,5-6,9-10H2,(H2,25,26,27,28). The predicted octanol–water partition coefficient (Wildman–Crippen LogP) is 6.53. The maximum Gasteiger partial charge on any atom is 0.225 e. The molecule has 144 valence electrons. The quantitative estimate of drug-likeness (QED) is 0.473.